The molecule has 10 heteroatoms. The Hall–Kier alpha value is -3.17. The summed E-state index contributed by atoms with van der Waals surface area (Å²) in [6.45, 7) is 1.76. The van der Waals surface area contributed by atoms with Crippen molar-refractivity contribution in [1.82, 2.24) is 25.1 Å². The molecule has 5 rings (SSSR count). The number of amides is 1. The van der Waals surface area contributed by atoms with Crippen LogP contribution in [0.2, 0.25) is 5.02 Å². The number of aromatic nitrogens is 4. The van der Waals surface area contributed by atoms with Gasteiger partial charge in [-0.3, -0.25) is 14.8 Å². The molecule has 1 aliphatic heterocycles. The number of benzene rings is 1. The van der Waals surface area contributed by atoms with Crippen molar-refractivity contribution in [3.05, 3.63) is 41.2 Å². The maximum Gasteiger partial charge on any atom is 0.302 e. The molecule has 9 nitrogen and oxygen atoms in total. The third-order valence-corrected chi connectivity index (χ3v) is 5.29. The third kappa shape index (κ3) is 3.18. The second-order valence-corrected chi connectivity index (χ2v) is 7.41. The van der Waals surface area contributed by atoms with Crippen LogP contribution in [-0.2, 0) is 0 Å². The molecule has 148 valence electrons. The van der Waals surface area contributed by atoms with Crippen LogP contribution in [0.25, 0.3) is 22.0 Å². The quantitative estimate of drug-likeness (QED) is 0.473. The summed E-state index contributed by atoms with van der Waals surface area (Å²) in [5.41, 5.74) is 8.14. The van der Waals surface area contributed by atoms with Gasteiger partial charge in [0.15, 0.2) is 11.3 Å². The standard InChI is InChI=1S/C19H18ClN7O2/c20-10-3-4-14-12(8-10)24-19(29-14)25-18(28)16-15-13(5-7-23-17(15)21)27(26-16)11-2-1-6-22-9-11/h3-5,7-8,11,22H,1-2,6,9H2,(H2,21,23)(H,24,25,28)/t11-/m1/s1. The Labute approximate surface area is 170 Å². The molecule has 0 radical (unpaired) electrons. The number of nitrogens with one attached hydrogen (secondary N) is 2. The Morgan fingerprint density at radius 2 is 2.28 bits per heavy atom. The van der Waals surface area contributed by atoms with Crippen LogP contribution in [0.1, 0.15) is 29.4 Å². The number of hydrogen-bond acceptors (Lipinski definition) is 7. The Kier molecular flexibility index (Phi) is 4.33. The summed E-state index contributed by atoms with van der Waals surface area (Å²) in [4.78, 5) is 21.4. The predicted octanol–water partition coefficient (Wildman–Crippen LogP) is 2.98. The van der Waals surface area contributed by atoms with Crippen LogP contribution >= 0.6 is 11.6 Å². The molecule has 1 fully saturated rings. The molecule has 0 saturated carbocycles. The minimum absolute atomic E-state index is 0.0664. The van der Waals surface area contributed by atoms with Crippen molar-refractivity contribution in [2.24, 2.45) is 0 Å². The number of halogens is 1. The fraction of sp³-hybridized carbons (Fsp3) is 0.263. The molecule has 1 amide bonds. The fourth-order valence-electron chi connectivity index (χ4n) is 3.70. The molecule has 0 unspecified atom stereocenters. The van der Waals surface area contributed by atoms with Gasteiger partial charge in [0.05, 0.1) is 16.9 Å². The summed E-state index contributed by atoms with van der Waals surface area (Å²) < 4.78 is 7.45. The van der Waals surface area contributed by atoms with Crippen molar-refractivity contribution < 1.29 is 9.21 Å². The van der Waals surface area contributed by atoms with E-state index >= 15 is 0 Å². The smallest absolute Gasteiger partial charge is 0.302 e. The van der Waals surface area contributed by atoms with Gasteiger partial charge in [-0.15, -0.1) is 0 Å². The van der Waals surface area contributed by atoms with Gasteiger partial charge in [-0.25, -0.2) is 4.98 Å². The van der Waals surface area contributed by atoms with E-state index in [1.165, 1.54) is 0 Å². The van der Waals surface area contributed by atoms with Crippen molar-refractivity contribution in [2.75, 3.05) is 24.1 Å². The highest BCUT2D eigenvalue weighted by Crippen LogP contribution is 2.29. The average molecular weight is 412 g/mol. The number of piperidine rings is 1. The van der Waals surface area contributed by atoms with Crippen LogP contribution in [-0.4, -0.2) is 38.7 Å². The summed E-state index contributed by atoms with van der Waals surface area (Å²) in [5.74, 6) is -0.207. The monoisotopic (exact) mass is 411 g/mol. The molecular formula is C19H18ClN7O2. The molecule has 3 aromatic heterocycles. The summed E-state index contributed by atoms with van der Waals surface area (Å²) in [6, 6.07) is 7.09. The van der Waals surface area contributed by atoms with Crippen LogP contribution in [0.5, 0.6) is 0 Å². The molecular weight excluding hydrogens is 394 g/mol. The fourth-order valence-corrected chi connectivity index (χ4v) is 3.87. The molecule has 1 aromatic carbocycles. The molecule has 0 aliphatic carbocycles. The number of nitrogen functional groups attached to an aromatic ring is 1. The van der Waals surface area contributed by atoms with Gasteiger partial charge in [-0.2, -0.15) is 10.1 Å². The van der Waals surface area contributed by atoms with Gasteiger partial charge in [0.1, 0.15) is 11.3 Å². The van der Waals surface area contributed by atoms with Crippen molar-refractivity contribution in [3.63, 3.8) is 0 Å². The zero-order valence-electron chi connectivity index (χ0n) is 15.4. The topological polar surface area (TPSA) is 124 Å². The zero-order chi connectivity index (χ0) is 20.0. The number of pyridine rings is 1. The molecule has 0 bridgehead atoms. The van der Waals surface area contributed by atoms with E-state index in [1.54, 1.807) is 24.4 Å². The lowest BCUT2D eigenvalue weighted by Crippen LogP contribution is -2.32. The molecule has 1 atom stereocenters. The van der Waals surface area contributed by atoms with E-state index in [0.717, 1.165) is 31.4 Å². The van der Waals surface area contributed by atoms with Gasteiger partial charge in [0, 0.05) is 17.8 Å². The summed E-state index contributed by atoms with van der Waals surface area (Å²) >= 11 is 5.98. The third-order valence-electron chi connectivity index (χ3n) is 5.05. The molecule has 29 heavy (non-hydrogen) atoms. The van der Waals surface area contributed by atoms with Crippen LogP contribution in [0.3, 0.4) is 0 Å². The molecule has 4 aromatic rings. The van der Waals surface area contributed by atoms with Crippen LogP contribution < -0.4 is 16.4 Å². The van der Waals surface area contributed by atoms with E-state index in [2.05, 4.69) is 25.7 Å². The van der Waals surface area contributed by atoms with Gasteiger partial charge >= 0.3 is 6.01 Å². The molecule has 0 spiro atoms. The van der Waals surface area contributed by atoms with E-state index in [9.17, 15) is 4.79 Å². The maximum atomic E-state index is 13.0. The number of carbonyl (C=O) groups excluding carboxylic acids is 1. The number of nitrogens with zero attached hydrogens (tertiary/aromatic N) is 4. The highest BCUT2D eigenvalue weighted by Gasteiger charge is 2.25. The van der Waals surface area contributed by atoms with Gasteiger partial charge < -0.3 is 15.5 Å². The minimum atomic E-state index is -0.463. The zero-order valence-corrected chi connectivity index (χ0v) is 16.1. The van der Waals surface area contributed by atoms with Crippen molar-refractivity contribution in [1.29, 1.82) is 0 Å². The molecule has 1 saturated heterocycles. The Balaban J connectivity index is 1.53. The Morgan fingerprint density at radius 3 is 3.10 bits per heavy atom. The summed E-state index contributed by atoms with van der Waals surface area (Å²) in [5, 5.41) is 11.7. The number of carbonyl (C=O) groups is 1. The first-order valence-electron chi connectivity index (χ1n) is 9.31. The number of hydrogen-bond donors (Lipinski definition) is 3. The first kappa shape index (κ1) is 17.9. The van der Waals surface area contributed by atoms with E-state index in [-0.39, 0.29) is 23.6 Å². The van der Waals surface area contributed by atoms with Crippen molar-refractivity contribution in [3.8, 4) is 0 Å². The van der Waals surface area contributed by atoms with E-state index < -0.39 is 5.91 Å². The SMILES string of the molecule is Nc1nccc2c1c(C(=O)Nc1nc3cc(Cl)ccc3o1)nn2[C@@H]1CCCNC1. The summed E-state index contributed by atoms with van der Waals surface area (Å²) in [7, 11) is 0. The lowest BCUT2D eigenvalue weighted by molar-refractivity contribution is 0.101. The second-order valence-electron chi connectivity index (χ2n) is 6.97. The summed E-state index contributed by atoms with van der Waals surface area (Å²) in [6.07, 6.45) is 3.64. The number of rotatable bonds is 3. The molecule has 4 N–H and O–H groups in total. The van der Waals surface area contributed by atoms with Crippen LogP contribution in [0, 0.1) is 0 Å². The number of nitrogens with two attached hydrogens (primary N) is 1. The first-order chi connectivity index (χ1) is 14.1. The van der Waals surface area contributed by atoms with Crippen LogP contribution in [0.15, 0.2) is 34.9 Å². The number of fused-ring (bicyclic) bond motifs is 2. The molecule has 1 aliphatic rings. The Bertz CT molecular complexity index is 1230. The molecule has 4 heterocycles. The van der Waals surface area contributed by atoms with Gasteiger partial charge in [0.2, 0.25) is 0 Å². The normalized spacial score (nSPS) is 17.1. The highest BCUT2D eigenvalue weighted by molar-refractivity contribution is 6.31. The first-order valence-corrected chi connectivity index (χ1v) is 9.69. The van der Waals surface area contributed by atoms with Crippen molar-refractivity contribution in [2.45, 2.75) is 18.9 Å². The maximum absolute atomic E-state index is 13.0. The second kappa shape index (κ2) is 7.02. The minimum Gasteiger partial charge on any atom is -0.423 e. The predicted molar refractivity (Wildman–Crippen MR) is 110 cm³/mol. The van der Waals surface area contributed by atoms with Gasteiger partial charge in [0.25, 0.3) is 5.91 Å². The van der Waals surface area contributed by atoms with E-state index in [1.807, 2.05) is 10.7 Å². The average Bonchev–Trinajstić information content (AvgIpc) is 3.30. The number of anilines is 2. The van der Waals surface area contributed by atoms with E-state index in [0.29, 0.717) is 21.5 Å². The largest absolute Gasteiger partial charge is 0.423 e. The van der Waals surface area contributed by atoms with Gasteiger partial charge in [-0.05, 0) is 43.7 Å². The van der Waals surface area contributed by atoms with Crippen LogP contribution in [0.4, 0.5) is 11.8 Å². The lowest BCUT2D eigenvalue weighted by atomic mass is 10.1. The van der Waals surface area contributed by atoms with E-state index in [4.69, 9.17) is 21.8 Å². The highest BCUT2D eigenvalue weighted by atomic mass is 35.5. The number of oxazole rings is 1. The van der Waals surface area contributed by atoms with Gasteiger partial charge in [-0.1, -0.05) is 11.6 Å². The Morgan fingerprint density at radius 1 is 1.38 bits per heavy atom. The van der Waals surface area contributed by atoms with Crippen molar-refractivity contribution >= 4 is 51.3 Å². The lowest BCUT2D eigenvalue weighted by Gasteiger charge is -2.23.